The maximum atomic E-state index is 13.5. The van der Waals surface area contributed by atoms with Crippen LogP contribution < -0.4 is 0 Å². The number of halogens is 1. The summed E-state index contributed by atoms with van der Waals surface area (Å²) >= 11 is 0. The Balaban J connectivity index is 1.71. The monoisotopic (exact) mass is 407 g/mol. The van der Waals surface area contributed by atoms with Crippen LogP contribution in [-0.2, 0) is 16.1 Å². The van der Waals surface area contributed by atoms with Crippen molar-refractivity contribution in [2.45, 2.75) is 25.4 Å². The van der Waals surface area contributed by atoms with E-state index in [2.05, 4.69) is 11.9 Å². The van der Waals surface area contributed by atoms with Gasteiger partial charge in [-0.25, -0.2) is 4.39 Å². The molecular weight excluding hydrogens is 381 g/mol. The van der Waals surface area contributed by atoms with Gasteiger partial charge in [-0.1, -0.05) is 42.5 Å². The van der Waals surface area contributed by atoms with Gasteiger partial charge in [0.2, 0.25) is 0 Å². The lowest BCUT2D eigenvalue weighted by molar-refractivity contribution is -0.138. The normalized spacial score (nSPS) is 18.4. The molecule has 0 atom stereocenters. The molecule has 0 spiro atoms. The SMILES string of the molecule is CN1CCC(N(C)C2=C(c3ccc(F)cc3)C(=O)N(Cc3ccccc3)C2=O)CC1. The molecule has 1 saturated heterocycles. The molecule has 0 saturated carbocycles. The standard InChI is InChI=1S/C24H26FN3O2/c1-26-14-12-20(13-15-26)27(2)22-21(18-8-10-19(25)11-9-18)23(29)28(24(22)30)16-17-6-4-3-5-7-17/h3-11,20H,12-16H2,1-2H3. The first-order valence-electron chi connectivity index (χ1n) is 10.3. The van der Waals surface area contributed by atoms with E-state index in [1.165, 1.54) is 17.0 Å². The number of imide groups is 1. The van der Waals surface area contributed by atoms with Crippen LogP contribution in [0.1, 0.15) is 24.0 Å². The highest BCUT2D eigenvalue weighted by molar-refractivity contribution is 6.35. The van der Waals surface area contributed by atoms with Gasteiger partial charge in [0.25, 0.3) is 11.8 Å². The molecule has 0 aromatic heterocycles. The van der Waals surface area contributed by atoms with Crippen LogP contribution in [0.15, 0.2) is 60.3 Å². The lowest BCUT2D eigenvalue weighted by Gasteiger charge is -2.36. The number of hydrogen-bond donors (Lipinski definition) is 0. The maximum Gasteiger partial charge on any atom is 0.278 e. The highest BCUT2D eigenvalue weighted by atomic mass is 19.1. The van der Waals surface area contributed by atoms with Crippen LogP contribution in [0.25, 0.3) is 5.57 Å². The summed E-state index contributed by atoms with van der Waals surface area (Å²) in [7, 11) is 3.98. The van der Waals surface area contributed by atoms with Crippen LogP contribution in [0.2, 0.25) is 0 Å². The molecule has 2 amide bonds. The molecule has 1 fully saturated rings. The summed E-state index contributed by atoms with van der Waals surface area (Å²) in [6.45, 7) is 2.11. The maximum absolute atomic E-state index is 13.5. The summed E-state index contributed by atoms with van der Waals surface area (Å²) in [6.07, 6.45) is 1.85. The number of benzene rings is 2. The van der Waals surface area contributed by atoms with Crippen molar-refractivity contribution in [3.05, 3.63) is 77.2 Å². The summed E-state index contributed by atoms with van der Waals surface area (Å²) in [6, 6.07) is 15.5. The number of amides is 2. The van der Waals surface area contributed by atoms with E-state index in [0.717, 1.165) is 31.5 Å². The fraction of sp³-hybridized carbons (Fsp3) is 0.333. The number of hydrogen-bond acceptors (Lipinski definition) is 4. The fourth-order valence-corrected chi connectivity index (χ4v) is 4.24. The van der Waals surface area contributed by atoms with E-state index in [4.69, 9.17) is 0 Å². The molecule has 4 rings (SSSR count). The predicted octanol–water partition coefficient (Wildman–Crippen LogP) is 3.13. The van der Waals surface area contributed by atoms with Crippen LogP contribution >= 0.6 is 0 Å². The van der Waals surface area contributed by atoms with Gasteiger partial charge in [-0.3, -0.25) is 14.5 Å². The molecule has 0 radical (unpaired) electrons. The number of rotatable bonds is 5. The molecule has 0 aliphatic carbocycles. The largest absolute Gasteiger partial charge is 0.366 e. The Bertz CT molecular complexity index is 964. The zero-order chi connectivity index (χ0) is 21.3. The molecule has 156 valence electrons. The van der Waals surface area contributed by atoms with E-state index in [1.54, 1.807) is 12.1 Å². The van der Waals surface area contributed by atoms with Crippen LogP contribution in [0, 0.1) is 5.82 Å². The summed E-state index contributed by atoms with van der Waals surface area (Å²) in [5.74, 6) is -0.989. The second-order valence-electron chi connectivity index (χ2n) is 8.06. The van der Waals surface area contributed by atoms with E-state index < -0.39 is 0 Å². The van der Waals surface area contributed by atoms with Gasteiger partial charge < -0.3 is 9.80 Å². The molecule has 6 heteroatoms. The van der Waals surface area contributed by atoms with E-state index in [9.17, 15) is 14.0 Å². The van der Waals surface area contributed by atoms with Gasteiger partial charge >= 0.3 is 0 Å². The Labute approximate surface area is 176 Å². The smallest absolute Gasteiger partial charge is 0.278 e. The Hall–Kier alpha value is -2.99. The van der Waals surface area contributed by atoms with Crippen molar-refractivity contribution in [2.24, 2.45) is 0 Å². The number of piperidine rings is 1. The number of likely N-dealkylation sites (N-methyl/N-ethyl adjacent to an activating group) is 1. The van der Waals surface area contributed by atoms with Crippen LogP contribution in [0.3, 0.4) is 0 Å². The fourth-order valence-electron chi connectivity index (χ4n) is 4.24. The van der Waals surface area contributed by atoms with Crippen molar-refractivity contribution in [3.63, 3.8) is 0 Å². The number of carbonyl (C=O) groups excluding carboxylic acids is 2. The summed E-state index contributed by atoms with van der Waals surface area (Å²) < 4.78 is 13.5. The third-order valence-corrected chi connectivity index (χ3v) is 6.05. The van der Waals surface area contributed by atoms with E-state index in [1.807, 2.05) is 42.3 Å². The molecule has 0 N–H and O–H groups in total. The molecule has 2 aliphatic heterocycles. The lowest BCUT2D eigenvalue weighted by Crippen LogP contribution is -2.43. The molecule has 0 unspecified atom stereocenters. The molecule has 2 aliphatic rings. The molecule has 2 aromatic carbocycles. The molecule has 2 heterocycles. The third-order valence-electron chi connectivity index (χ3n) is 6.05. The molecular formula is C24H26FN3O2. The van der Waals surface area contributed by atoms with E-state index >= 15 is 0 Å². The first kappa shape index (κ1) is 20.3. The van der Waals surface area contributed by atoms with Crippen molar-refractivity contribution in [1.29, 1.82) is 0 Å². The van der Waals surface area contributed by atoms with Gasteiger partial charge in [0, 0.05) is 13.1 Å². The van der Waals surface area contributed by atoms with Gasteiger partial charge in [-0.15, -0.1) is 0 Å². The average molecular weight is 407 g/mol. The van der Waals surface area contributed by atoms with Crippen molar-refractivity contribution in [3.8, 4) is 0 Å². The van der Waals surface area contributed by atoms with Crippen LogP contribution in [0.5, 0.6) is 0 Å². The van der Waals surface area contributed by atoms with Gasteiger partial charge in [0.15, 0.2) is 0 Å². The van der Waals surface area contributed by atoms with E-state index in [-0.39, 0.29) is 30.2 Å². The highest BCUT2D eigenvalue weighted by Gasteiger charge is 2.42. The third kappa shape index (κ3) is 3.87. The quantitative estimate of drug-likeness (QED) is 0.715. The Morgan fingerprint density at radius 1 is 0.967 bits per heavy atom. The molecule has 5 nitrogen and oxygen atoms in total. The van der Waals surface area contributed by atoms with Crippen molar-refractivity contribution < 1.29 is 14.0 Å². The average Bonchev–Trinajstić information content (AvgIpc) is 3.00. The van der Waals surface area contributed by atoms with Crippen LogP contribution in [-0.4, -0.2) is 59.7 Å². The summed E-state index contributed by atoms with van der Waals surface area (Å²) in [4.78, 5) is 32.4. The lowest BCUT2D eigenvalue weighted by atomic mass is 10.00. The zero-order valence-corrected chi connectivity index (χ0v) is 17.3. The first-order chi connectivity index (χ1) is 14.5. The second kappa shape index (κ2) is 8.40. The second-order valence-corrected chi connectivity index (χ2v) is 8.06. The van der Waals surface area contributed by atoms with Gasteiger partial charge in [0.05, 0.1) is 12.1 Å². The van der Waals surface area contributed by atoms with Crippen LogP contribution in [0.4, 0.5) is 4.39 Å². The molecule has 2 aromatic rings. The molecule has 30 heavy (non-hydrogen) atoms. The highest BCUT2D eigenvalue weighted by Crippen LogP contribution is 2.34. The summed E-state index contributed by atoms with van der Waals surface area (Å²) in [5.41, 5.74) is 2.23. The zero-order valence-electron chi connectivity index (χ0n) is 17.3. The summed E-state index contributed by atoms with van der Waals surface area (Å²) in [5, 5.41) is 0. The van der Waals surface area contributed by atoms with Gasteiger partial charge in [-0.2, -0.15) is 0 Å². The Morgan fingerprint density at radius 3 is 2.23 bits per heavy atom. The Kier molecular flexibility index (Phi) is 5.68. The first-order valence-corrected chi connectivity index (χ1v) is 10.3. The molecule has 0 bridgehead atoms. The predicted molar refractivity (Wildman–Crippen MR) is 114 cm³/mol. The number of carbonyl (C=O) groups is 2. The van der Waals surface area contributed by atoms with Crippen molar-refractivity contribution in [1.82, 2.24) is 14.7 Å². The minimum Gasteiger partial charge on any atom is -0.366 e. The minimum atomic E-state index is -0.373. The van der Waals surface area contributed by atoms with Gasteiger partial charge in [0.1, 0.15) is 11.5 Å². The van der Waals surface area contributed by atoms with Crippen molar-refractivity contribution in [2.75, 3.05) is 27.2 Å². The van der Waals surface area contributed by atoms with Gasteiger partial charge in [-0.05, 0) is 56.2 Å². The topological polar surface area (TPSA) is 43.9 Å². The number of nitrogens with zero attached hydrogens (tertiary/aromatic N) is 3. The van der Waals surface area contributed by atoms with E-state index in [0.29, 0.717) is 16.8 Å². The Morgan fingerprint density at radius 2 is 1.60 bits per heavy atom. The number of likely N-dealkylation sites (tertiary alicyclic amines) is 1. The van der Waals surface area contributed by atoms with Crippen molar-refractivity contribution >= 4 is 17.4 Å². The minimum absolute atomic E-state index is 0.181.